The van der Waals surface area contributed by atoms with Crippen molar-refractivity contribution in [2.45, 2.75) is 70.3 Å². The molecule has 1 saturated carbocycles. The molecule has 0 saturated heterocycles. The molecule has 1 N–H and O–H groups in total. The maximum Gasteiger partial charge on any atom is 0.0715 e. The van der Waals surface area contributed by atoms with Gasteiger partial charge in [-0.25, -0.2) is 0 Å². The lowest BCUT2D eigenvalue weighted by molar-refractivity contribution is -0.0491. The van der Waals surface area contributed by atoms with Gasteiger partial charge in [0.15, 0.2) is 0 Å². The van der Waals surface area contributed by atoms with Crippen molar-refractivity contribution >= 4 is 0 Å². The first-order valence-corrected chi connectivity index (χ1v) is 8.04. The van der Waals surface area contributed by atoms with Gasteiger partial charge in [0.1, 0.15) is 0 Å². The molecule has 1 heteroatoms. The molecular formula is C18H26O. The Morgan fingerprint density at radius 2 is 2.00 bits per heavy atom. The Morgan fingerprint density at radius 1 is 1.16 bits per heavy atom. The van der Waals surface area contributed by atoms with E-state index in [9.17, 15) is 5.11 Å². The van der Waals surface area contributed by atoms with Gasteiger partial charge in [0.25, 0.3) is 0 Å². The Bertz CT molecular complexity index is 451. The molecule has 104 valence electrons. The Labute approximate surface area is 117 Å². The van der Waals surface area contributed by atoms with E-state index >= 15 is 0 Å². The minimum atomic E-state index is -0.445. The zero-order chi connectivity index (χ0) is 13.3. The molecule has 2 aliphatic carbocycles. The van der Waals surface area contributed by atoms with Crippen LogP contribution in [0.1, 0.15) is 62.1 Å². The zero-order valence-electron chi connectivity index (χ0n) is 12.1. The van der Waals surface area contributed by atoms with Gasteiger partial charge >= 0.3 is 0 Å². The van der Waals surface area contributed by atoms with Crippen LogP contribution >= 0.6 is 0 Å². The predicted octanol–water partition coefficient (Wildman–Crippen LogP) is 4.05. The zero-order valence-corrected chi connectivity index (χ0v) is 12.1. The molecular weight excluding hydrogens is 232 g/mol. The van der Waals surface area contributed by atoms with Gasteiger partial charge in [0.2, 0.25) is 0 Å². The summed E-state index contributed by atoms with van der Waals surface area (Å²) in [5, 5.41) is 11.0. The summed E-state index contributed by atoms with van der Waals surface area (Å²) in [5.74, 6) is 0.495. The molecule has 0 radical (unpaired) electrons. The van der Waals surface area contributed by atoms with Crippen molar-refractivity contribution < 1.29 is 5.11 Å². The first-order valence-electron chi connectivity index (χ1n) is 8.04. The van der Waals surface area contributed by atoms with Crippen LogP contribution in [0.2, 0.25) is 0 Å². The van der Waals surface area contributed by atoms with Crippen molar-refractivity contribution in [1.82, 2.24) is 0 Å². The Hall–Kier alpha value is -0.820. The van der Waals surface area contributed by atoms with Crippen LogP contribution in [0.5, 0.6) is 0 Å². The second kappa shape index (κ2) is 5.28. The van der Waals surface area contributed by atoms with E-state index in [-0.39, 0.29) is 0 Å². The fraction of sp³-hybridized carbons (Fsp3) is 0.667. The SMILES string of the molecule is CCC1CCCCC1(O)Cc1ccc2c(c1)CCC2. The van der Waals surface area contributed by atoms with E-state index < -0.39 is 5.60 Å². The first-order chi connectivity index (χ1) is 9.21. The van der Waals surface area contributed by atoms with Crippen molar-refractivity contribution in [1.29, 1.82) is 0 Å². The number of benzene rings is 1. The number of aliphatic hydroxyl groups is 1. The molecule has 1 aromatic carbocycles. The maximum absolute atomic E-state index is 11.0. The monoisotopic (exact) mass is 258 g/mol. The van der Waals surface area contributed by atoms with Crippen LogP contribution in [0.3, 0.4) is 0 Å². The van der Waals surface area contributed by atoms with Crippen LogP contribution < -0.4 is 0 Å². The normalized spacial score (nSPS) is 30.3. The van der Waals surface area contributed by atoms with Crippen LogP contribution in [0.25, 0.3) is 0 Å². The fourth-order valence-electron chi connectivity index (χ4n) is 4.20. The third kappa shape index (κ3) is 2.58. The van der Waals surface area contributed by atoms with Gasteiger partial charge in [-0.05, 0) is 54.7 Å². The van der Waals surface area contributed by atoms with E-state index in [0.717, 1.165) is 19.3 Å². The van der Waals surface area contributed by atoms with Gasteiger partial charge in [-0.15, -0.1) is 0 Å². The molecule has 0 aromatic heterocycles. The molecule has 2 unspecified atom stereocenters. The van der Waals surface area contributed by atoms with E-state index in [0.29, 0.717) is 5.92 Å². The van der Waals surface area contributed by atoms with Crippen molar-refractivity contribution in [3.63, 3.8) is 0 Å². The topological polar surface area (TPSA) is 20.2 Å². The Kier molecular flexibility index (Phi) is 3.66. The number of rotatable bonds is 3. The van der Waals surface area contributed by atoms with E-state index in [1.54, 1.807) is 0 Å². The lowest BCUT2D eigenvalue weighted by Gasteiger charge is -2.40. The number of aryl methyl sites for hydroxylation is 2. The predicted molar refractivity (Wildman–Crippen MR) is 79.4 cm³/mol. The van der Waals surface area contributed by atoms with Crippen LogP contribution in [-0.2, 0) is 19.3 Å². The van der Waals surface area contributed by atoms with Crippen LogP contribution in [-0.4, -0.2) is 10.7 Å². The summed E-state index contributed by atoms with van der Waals surface area (Å²) in [5.41, 5.74) is 3.97. The molecule has 19 heavy (non-hydrogen) atoms. The highest BCUT2D eigenvalue weighted by Gasteiger charge is 2.37. The molecule has 0 spiro atoms. The molecule has 0 amide bonds. The van der Waals surface area contributed by atoms with Gasteiger partial charge < -0.3 is 5.11 Å². The second-order valence-electron chi connectivity index (χ2n) is 6.59. The molecule has 0 bridgehead atoms. The van der Waals surface area contributed by atoms with Gasteiger partial charge in [-0.1, -0.05) is 44.4 Å². The molecule has 2 atom stereocenters. The third-order valence-electron chi connectivity index (χ3n) is 5.34. The molecule has 3 rings (SSSR count). The van der Waals surface area contributed by atoms with Crippen LogP contribution in [0.15, 0.2) is 18.2 Å². The quantitative estimate of drug-likeness (QED) is 0.867. The average Bonchev–Trinajstić information content (AvgIpc) is 2.86. The van der Waals surface area contributed by atoms with E-state index in [1.165, 1.54) is 55.2 Å². The van der Waals surface area contributed by atoms with Gasteiger partial charge in [-0.3, -0.25) is 0 Å². The molecule has 1 aromatic rings. The van der Waals surface area contributed by atoms with E-state index in [1.807, 2.05) is 0 Å². The Balaban J connectivity index is 1.79. The van der Waals surface area contributed by atoms with Gasteiger partial charge in [0.05, 0.1) is 5.60 Å². The summed E-state index contributed by atoms with van der Waals surface area (Å²) in [6, 6.07) is 6.91. The number of fused-ring (bicyclic) bond motifs is 1. The van der Waals surface area contributed by atoms with Crippen molar-refractivity contribution in [2.24, 2.45) is 5.92 Å². The lowest BCUT2D eigenvalue weighted by Crippen LogP contribution is -2.42. The number of hydrogen-bond acceptors (Lipinski definition) is 1. The standard InChI is InChI=1S/C18H26O/c1-2-17-8-3-4-11-18(17,19)13-14-9-10-15-6-5-7-16(15)12-14/h9-10,12,17,19H,2-8,11,13H2,1H3. The summed E-state index contributed by atoms with van der Waals surface area (Å²) < 4.78 is 0. The van der Waals surface area contributed by atoms with Crippen molar-refractivity contribution in [2.75, 3.05) is 0 Å². The number of hydrogen-bond donors (Lipinski definition) is 1. The van der Waals surface area contributed by atoms with Gasteiger partial charge in [0, 0.05) is 6.42 Å². The minimum absolute atomic E-state index is 0.445. The highest BCUT2D eigenvalue weighted by Crippen LogP contribution is 2.38. The molecule has 1 nitrogen and oxygen atoms in total. The highest BCUT2D eigenvalue weighted by molar-refractivity contribution is 5.36. The van der Waals surface area contributed by atoms with E-state index in [4.69, 9.17) is 0 Å². The lowest BCUT2D eigenvalue weighted by atomic mass is 9.71. The molecule has 0 aliphatic heterocycles. The summed E-state index contributed by atoms with van der Waals surface area (Å²) >= 11 is 0. The van der Waals surface area contributed by atoms with Crippen LogP contribution in [0.4, 0.5) is 0 Å². The summed E-state index contributed by atoms with van der Waals surface area (Å²) in [6.07, 6.45) is 10.4. The average molecular weight is 258 g/mol. The van der Waals surface area contributed by atoms with Crippen LogP contribution in [0, 0.1) is 5.92 Å². The van der Waals surface area contributed by atoms with Crippen molar-refractivity contribution in [3.8, 4) is 0 Å². The molecule has 1 fully saturated rings. The van der Waals surface area contributed by atoms with E-state index in [2.05, 4.69) is 25.1 Å². The third-order valence-corrected chi connectivity index (χ3v) is 5.34. The summed E-state index contributed by atoms with van der Waals surface area (Å²) in [6.45, 7) is 2.23. The maximum atomic E-state index is 11.0. The van der Waals surface area contributed by atoms with Crippen molar-refractivity contribution in [3.05, 3.63) is 34.9 Å². The highest BCUT2D eigenvalue weighted by atomic mass is 16.3. The molecule has 0 heterocycles. The first kappa shape index (κ1) is 13.2. The Morgan fingerprint density at radius 3 is 2.84 bits per heavy atom. The molecule has 2 aliphatic rings. The summed E-state index contributed by atoms with van der Waals surface area (Å²) in [7, 11) is 0. The van der Waals surface area contributed by atoms with Gasteiger partial charge in [-0.2, -0.15) is 0 Å². The largest absolute Gasteiger partial charge is 0.389 e. The smallest absolute Gasteiger partial charge is 0.0715 e. The summed E-state index contributed by atoms with van der Waals surface area (Å²) in [4.78, 5) is 0. The second-order valence-corrected chi connectivity index (χ2v) is 6.59. The fourth-order valence-corrected chi connectivity index (χ4v) is 4.20. The minimum Gasteiger partial charge on any atom is -0.389 e.